The van der Waals surface area contributed by atoms with Crippen LogP contribution in [0.5, 0.6) is 0 Å². The highest BCUT2D eigenvalue weighted by Gasteiger charge is 2.17. The SMILES string of the molecule is CC(CCN(C)C)NC(=O)C(C)C(N)=S. The highest BCUT2D eigenvalue weighted by Crippen LogP contribution is 1.98. The topological polar surface area (TPSA) is 58.4 Å². The molecule has 0 bridgehead atoms. The molecule has 88 valence electrons. The van der Waals surface area contributed by atoms with E-state index in [0.717, 1.165) is 13.0 Å². The maximum Gasteiger partial charge on any atom is 0.229 e. The van der Waals surface area contributed by atoms with E-state index >= 15 is 0 Å². The van der Waals surface area contributed by atoms with E-state index in [1.165, 1.54) is 0 Å². The van der Waals surface area contributed by atoms with Gasteiger partial charge in [0.15, 0.2) is 0 Å². The minimum absolute atomic E-state index is 0.0891. The van der Waals surface area contributed by atoms with Crippen molar-refractivity contribution >= 4 is 23.1 Å². The van der Waals surface area contributed by atoms with E-state index in [9.17, 15) is 4.79 Å². The second-order valence-electron chi connectivity index (χ2n) is 4.13. The standard InChI is InChI=1S/C10H21N3OS/c1-7(5-6-13(3)4)12-10(14)8(2)9(11)15/h7-8H,5-6H2,1-4H3,(H2,11,15)(H,12,14). The zero-order valence-electron chi connectivity index (χ0n) is 9.91. The third-order valence-electron chi connectivity index (χ3n) is 2.22. The summed E-state index contributed by atoms with van der Waals surface area (Å²) in [6.07, 6.45) is 0.919. The summed E-state index contributed by atoms with van der Waals surface area (Å²) in [5.74, 6) is -0.476. The van der Waals surface area contributed by atoms with Crippen LogP contribution in [0.4, 0.5) is 0 Å². The van der Waals surface area contributed by atoms with Crippen molar-refractivity contribution in [2.45, 2.75) is 26.3 Å². The molecule has 2 atom stereocenters. The van der Waals surface area contributed by atoms with E-state index in [4.69, 9.17) is 18.0 Å². The summed E-state index contributed by atoms with van der Waals surface area (Å²) < 4.78 is 0. The molecule has 0 rings (SSSR count). The van der Waals surface area contributed by atoms with Crippen molar-refractivity contribution in [2.75, 3.05) is 20.6 Å². The number of nitrogens with two attached hydrogens (primary N) is 1. The van der Waals surface area contributed by atoms with Crippen molar-refractivity contribution in [3.63, 3.8) is 0 Å². The van der Waals surface area contributed by atoms with Crippen molar-refractivity contribution in [3.05, 3.63) is 0 Å². The number of hydrogen-bond donors (Lipinski definition) is 2. The van der Waals surface area contributed by atoms with Crippen molar-refractivity contribution < 1.29 is 4.79 Å². The van der Waals surface area contributed by atoms with Crippen LogP contribution in [0.1, 0.15) is 20.3 Å². The molecular weight excluding hydrogens is 210 g/mol. The summed E-state index contributed by atoms with van der Waals surface area (Å²) in [5.41, 5.74) is 5.40. The maximum absolute atomic E-state index is 11.5. The van der Waals surface area contributed by atoms with E-state index < -0.39 is 0 Å². The van der Waals surface area contributed by atoms with Gasteiger partial charge in [-0.2, -0.15) is 0 Å². The van der Waals surface area contributed by atoms with Crippen LogP contribution in [0, 0.1) is 5.92 Å². The molecule has 2 unspecified atom stereocenters. The van der Waals surface area contributed by atoms with Crippen LogP contribution in [-0.2, 0) is 4.79 Å². The lowest BCUT2D eigenvalue weighted by Crippen LogP contribution is -2.41. The lowest BCUT2D eigenvalue weighted by molar-refractivity contribution is -0.123. The fourth-order valence-electron chi connectivity index (χ4n) is 1.02. The van der Waals surface area contributed by atoms with Crippen molar-refractivity contribution in [2.24, 2.45) is 11.7 Å². The lowest BCUT2D eigenvalue weighted by Gasteiger charge is -2.18. The Balaban J connectivity index is 3.91. The molecule has 0 aromatic carbocycles. The molecule has 0 aliphatic heterocycles. The van der Waals surface area contributed by atoms with E-state index in [0.29, 0.717) is 0 Å². The van der Waals surface area contributed by atoms with Crippen LogP contribution in [0.2, 0.25) is 0 Å². The first kappa shape index (κ1) is 14.3. The molecule has 4 nitrogen and oxygen atoms in total. The number of amides is 1. The molecule has 0 spiro atoms. The third kappa shape index (κ3) is 6.41. The molecular formula is C10H21N3OS. The van der Waals surface area contributed by atoms with Gasteiger partial charge in [-0.1, -0.05) is 12.2 Å². The summed E-state index contributed by atoms with van der Waals surface area (Å²) >= 11 is 4.76. The summed E-state index contributed by atoms with van der Waals surface area (Å²) in [5, 5.41) is 2.88. The first-order valence-electron chi connectivity index (χ1n) is 5.09. The Morgan fingerprint density at radius 2 is 2.00 bits per heavy atom. The average molecular weight is 231 g/mol. The minimum Gasteiger partial charge on any atom is -0.393 e. The molecule has 0 radical (unpaired) electrons. The van der Waals surface area contributed by atoms with Gasteiger partial charge < -0.3 is 16.0 Å². The van der Waals surface area contributed by atoms with Gasteiger partial charge >= 0.3 is 0 Å². The van der Waals surface area contributed by atoms with E-state index in [-0.39, 0.29) is 22.9 Å². The Labute approximate surface area is 97.2 Å². The first-order valence-corrected chi connectivity index (χ1v) is 5.49. The number of hydrogen-bond acceptors (Lipinski definition) is 3. The summed E-state index contributed by atoms with van der Waals surface area (Å²) in [4.78, 5) is 13.9. The number of carbonyl (C=O) groups excluding carboxylic acids is 1. The summed E-state index contributed by atoms with van der Waals surface area (Å²) in [6, 6.07) is 0.150. The van der Waals surface area contributed by atoms with Gasteiger partial charge in [0.05, 0.1) is 10.9 Å². The van der Waals surface area contributed by atoms with Crippen LogP contribution in [0.15, 0.2) is 0 Å². The summed E-state index contributed by atoms with van der Waals surface area (Å²) in [6.45, 7) is 4.65. The predicted molar refractivity (Wildman–Crippen MR) is 66.7 cm³/mol. The van der Waals surface area contributed by atoms with Crippen LogP contribution in [0.25, 0.3) is 0 Å². The third-order valence-corrected chi connectivity index (χ3v) is 2.57. The number of rotatable bonds is 6. The summed E-state index contributed by atoms with van der Waals surface area (Å²) in [7, 11) is 4.01. The highest BCUT2D eigenvalue weighted by molar-refractivity contribution is 7.80. The van der Waals surface area contributed by atoms with Gasteiger partial charge in [-0.25, -0.2) is 0 Å². The molecule has 5 heteroatoms. The maximum atomic E-state index is 11.5. The van der Waals surface area contributed by atoms with Crippen LogP contribution in [0.3, 0.4) is 0 Å². The fraction of sp³-hybridized carbons (Fsp3) is 0.800. The predicted octanol–water partition coefficient (Wildman–Crippen LogP) is 0.365. The monoisotopic (exact) mass is 231 g/mol. The van der Waals surface area contributed by atoms with Crippen LogP contribution < -0.4 is 11.1 Å². The second-order valence-corrected chi connectivity index (χ2v) is 4.60. The molecule has 0 aromatic rings. The highest BCUT2D eigenvalue weighted by atomic mass is 32.1. The number of thiocarbonyl (C=S) groups is 1. The largest absolute Gasteiger partial charge is 0.393 e. The zero-order chi connectivity index (χ0) is 12.0. The van der Waals surface area contributed by atoms with Gasteiger partial charge in [-0.15, -0.1) is 0 Å². The van der Waals surface area contributed by atoms with Gasteiger partial charge in [0.2, 0.25) is 5.91 Å². The molecule has 0 saturated carbocycles. The van der Waals surface area contributed by atoms with Gasteiger partial charge in [0.25, 0.3) is 0 Å². The molecule has 15 heavy (non-hydrogen) atoms. The Kier molecular flexibility index (Phi) is 6.43. The quantitative estimate of drug-likeness (QED) is 0.648. The normalized spacial score (nSPS) is 14.7. The van der Waals surface area contributed by atoms with Gasteiger partial charge in [0.1, 0.15) is 0 Å². The molecule has 3 N–H and O–H groups in total. The Morgan fingerprint density at radius 1 is 1.47 bits per heavy atom. The Bertz CT molecular complexity index is 231. The zero-order valence-corrected chi connectivity index (χ0v) is 10.7. The Morgan fingerprint density at radius 3 is 2.40 bits per heavy atom. The number of nitrogens with one attached hydrogen (secondary N) is 1. The van der Waals surface area contributed by atoms with E-state index in [2.05, 4.69) is 10.2 Å². The fourth-order valence-corrected chi connectivity index (χ4v) is 1.13. The minimum atomic E-state index is -0.387. The first-order chi connectivity index (χ1) is 6.84. The van der Waals surface area contributed by atoms with Gasteiger partial charge in [-0.05, 0) is 40.9 Å². The van der Waals surface area contributed by atoms with Crippen molar-refractivity contribution in [1.82, 2.24) is 10.2 Å². The van der Waals surface area contributed by atoms with Gasteiger partial charge in [0, 0.05) is 6.04 Å². The molecule has 1 amide bonds. The molecule has 0 saturated heterocycles. The van der Waals surface area contributed by atoms with Crippen molar-refractivity contribution in [1.29, 1.82) is 0 Å². The lowest BCUT2D eigenvalue weighted by atomic mass is 10.1. The van der Waals surface area contributed by atoms with E-state index in [1.807, 2.05) is 21.0 Å². The van der Waals surface area contributed by atoms with Gasteiger partial charge in [-0.3, -0.25) is 4.79 Å². The molecule has 0 aliphatic rings. The molecule has 0 fully saturated rings. The molecule has 0 heterocycles. The van der Waals surface area contributed by atoms with Crippen LogP contribution in [-0.4, -0.2) is 42.5 Å². The molecule has 0 aliphatic carbocycles. The second kappa shape index (κ2) is 6.74. The van der Waals surface area contributed by atoms with Crippen LogP contribution >= 0.6 is 12.2 Å². The Hall–Kier alpha value is -0.680. The number of nitrogens with zero attached hydrogens (tertiary/aromatic N) is 1. The van der Waals surface area contributed by atoms with E-state index in [1.54, 1.807) is 6.92 Å². The smallest absolute Gasteiger partial charge is 0.229 e. The number of carbonyl (C=O) groups is 1. The average Bonchev–Trinajstić information content (AvgIpc) is 2.13. The molecule has 0 aromatic heterocycles. The van der Waals surface area contributed by atoms with Crippen molar-refractivity contribution in [3.8, 4) is 0 Å².